The first kappa shape index (κ1) is 26.8. The molecule has 36 heavy (non-hydrogen) atoms. The highest BCUT2D eigenvalue weighted by Crippen LogP contribution is 2.28. The lowest BCUT2D eigenvalue weighted by atomic mass is 10.1. The van der Waals surface area contributed by atoms with E-state index in [0.29, 0.717) is 32.8 Å². The number of aromatic nitrogens is 3. The van der Waals surface area contributed by atoms with Crippen molar-refractivity contribution in [2.24, 2.45) is 0 Å². The molecule has 3 aromatic rings. The van der Waals surface area contributed by atoms with E-state index in [9.17, 15) is 19.2 Å². The van der Waals surface area contributed by atoms with Crippen molar-refractivity contribution in [2.45, 2.75) is 26.8 Å². The fraction of sp³-hybridized carbons (Fsp3) is 0.250. The molecule has 0 bridgehead atoms. The molecule has 2 aromatic carbocycles. The number of H-pyrrole nitrogens is 1. The van der Waals surface area contributed by atoms with Gasteiger partial charge in [0.25, 0.3) is 5.91 Å². The Balaban J connectivity index is 2.06. The van der Waals surface area contributed by atoms with Gasteiger partial charge in [0.15, 0.2) is 0 Å². The maximum Gasteiger partial charge on any atom is 0.253 e. The molecule has 12 heteroatoms. The smallest absolute Gasteiger partial charge is 0.253 e. The van der Waals surface area contributed by atoms with Crippen LogP contribution in [-0.4, -0.2) is 57.7 Å². The second kappa shape index (κ2) is 11.3. The second-order valence-corrected chi connectivity index (χ2v) is 9.04. The molecule has 0 atom stereocenters. The number of aromatic amines is 1. The van der Waals surface area contributed by atoms with Gasteiger partial charge in [-0.3, -0.25) is 24.3 Å². The highest BCUT2D eigenvalue weighted by molar-refractivity contribution is 6.42. The highest BCUT2D eigenvalue weighted by Gasteiger charge is 2.24. The van der Waals surface area contributed by atoms with Crippen LogP contribution in [0.15, 0.2) is 36.4 Å². The number of nitrogens with one attached hydrogen (secondary N) is 2. The molecule has 3 amide bonds. The third-order valence-corrected chi connectivity index (χ3v) is 5.73. The van der Waals surface area contributed by atoms with Crippen LogP contribution >= 0.6 is 23.2 Å². The fourth-order valence-corrected chi connectivity index (χ4v) is 3.67. The summed E-state index contributed by atoms with van der Waals surface area (Å²) in [5.41, 5.74) is 1.48. The van der Waals surface area contributed by atoms with Crippen molar-refractivity contribution < 1.29 is 19.2 Å². The van der Waals surface area contributed by atoms with Crippen molar-refractivity contribution in [3.8, 4) is 0 Å². The first-order valence-electron chi connectivity index (χ1n) is 10.8. The number of anilines is 2. The molecule has 0 aliphatic heterocycles. The molecule has 1 aromatic heterocycles. The van der Waals surface area contributed by atoms with Crippen molar-refractivity contribution >= 4 is 58.1 Å². The minimum absolute atomic E-state index is 0.00907. The first-order valence-corrected chi connectivity index (χ1v) is 11.5. The Morgan fingerprint density at radius 2 is 1.75 bits per heavy atom. The van der Waals surface area contributed by atoms with Gasteiger partial charge in [-0.1, -0.05) is 29.3 Å². The lowest BCUT2D eigenvalue weighted by Crippen LogP contribution is -2.33. The SMILES string of the molecule is CC(=O)Nc1cc(C(=O)N(C)C)cc(N(Cc2ccc(Cl)c(Cl)c2)C(=O)CC(=O)c2n[nH]c(C)n2)c1. The maximum atomic E-state index is 13.4. The number of halogens is 2. The third-order valence-electron chi connectivity index (χ3n) is 4.99. The van der Waals surface area contributed by atoms with Gasteiger partial charge in [-0.05, 0) is 42.8 Å². The molecule has 2 N–H and O–H groups in total. The summed E-state index contributed by atoms with van der Waals surface area (Å²) in [6, 6.07) is 9.47. The van der Waals surface area contributed by atoms with Crippen molar-refractivity contribution in [2.75, 3.05) is 24.3 Å². The van der Waals surface area contributed by atoms with Crippen molar-refractivity contribution in [3.05, 3.63) is 69.2 Å². The maximum absolute atomic E-state index is 13.4. The third kappa shape index (κ3) is 6.67. The number of carbonyl (C=O) groups excluding carboxylic acids is 4. The Bertz CT molecular complexity index is 1340. The summed E-state index contributed by atoms with van der Waals surface area (Å²) in [4.78, 5) is 57.3. The minimum Gasteiger partial charge on any atom is -0.345 e. The van der Waals surface area contributed by atoms with Gasteiger partial charge in [0, 0.05) is 38.0 Å². The number of hydrogen-bond acceptors (Lipinski definition) is 6. The van der Waals surface area contributed by atoms with E-state index in [1.807, 2.05) is 0 Å². The molecule has 1 heterocycles. The van der Waals surface area contributed by atoms with Gasteiger partial charge < -0.3 is 15.1 Å². The number of aryl methyl sites for hydroxylation is 1. The zero-order chi connectivity index (χ0) is 26.6. The van der Waals surface area contributed by atoms with Crippen LogP contribution in [0.25, 0.3) is 0 Å². The summed E-state index contributed by atoms with van der Waals surface area (Å²) < 4.78 is 0. The van der Waals surface area contributed by atoms with Crippen LogP contribution in [0.2, 0.25) is 10.0 Å². The lowest BCUT2D eigenvalue weighted by molar-refractivity contribution is -0.118. The molecule has 0 spiro atoms. The first-order chi connectivity index (χ1) is 16.9. The summed E-state index contributed by atoms with van der Waals surface area (Å²) in [5, 5.41) is 9.69. The molecule has 0 saturated carbocycles. The van der Waals surface area contributed by atoms with Gasteiger partial charge in [-0.2, -0.15) is 5.10 Å². The van der Waals surface area contributed by atoms with Crippen LogP contribution in [0.4, 0.5) is 11.4 Å². The number of benzene rings is 2. The van der Waals surface area contributed by atoms with E-state index in [4.69, 9.17) is 23.2 Å². The van der Waals surface area contributed by atoms with Crippen molar-refractivity contribution in [3.63, 3.8) is 0 Å². The number of Topliss-reactive ketones (excluding diaryl/α,β-unsaturated/α-hetero) is 1. The van der Waals surface area contributed by atoms with Crippen molar-refractivity contribution in [1.29, 1.82) is 0 Å². The number of carbonyl (C=O) groups is 4. The summed E-state index contributed by atoms with van der Waals surface area (Å²) in [7, 11) is 3.17. The molecular formula is C24H24Cl2N6O4. The molecule has 0 radical (unpaired) electrons. The number of rotatable bonds is 8. The second-order valence-electron chi connectivity index (χ2n) is 8.22. The Labute approximate surface area is 217 Å². The molecule has 3 rings (SSSR count). The topological polar surface area (TPSA) is 128 Å². The van der Waals surface area contributed by atoms with E-state index in [0.717, 1.165) is 0 Å². The van der Waals surface area contributed by atoms with Crippen LogP contribution < -0.4 is 10.2 Å². The molecular weight excluding hydrogens is 507 g/mol. The quantitative estimate of drug-likeness (QED) is 0.335. The van der Waals surface area contributed by atoms with E-state index < -0.39 is 18.1 Å². The zero-order valence-corrected chi connectivity index (χ0v) is 21.6. The van der Waals surface area contributed by atoms with E-state index in [1.165, 1.54) is 28.9 Å². The van der Waals surface area contributed by atoms with E-state index in [1.54, 1.807) is 45.3 Å². The predicted octanol–water partition coefficient (Wildman–Crippen LogP) is 3.89. The van der Waals surface area contributed by atoms with E-state index in [2.05, 4.69) is 20.5 Å². The van der Waals surface area contributed by atoms with Crippen LogP contribution in [0, 0.1) is 6.92 Å². The highest BCUT2D eigenvalue weighted by atomic mass is 35.5. The summed E-state index contributed by atoms with van der Waals surface area (Å²) in [5.74, 6) is -1.51. The summed E-state index contributed by atoms with van der Waals surface area (Å²) in [6.07, 6.45) is -0.528. The Kier molecular flexibility index (Phi) is 8.44. The van der Waals surface area contributed by atoms with Gasteiger partial charge in [0.2, 0.25) is 23.4 Å². The van der Waals surface area contributed by atoms with Crippen LogP contribution in [0.1, 0.15) is 45.7 Å². The van der Waals surface area contributed by atoms with Crippen LogP contribution in [0.3, 0.4) is 0 Å². The molecule has 10 nitrogen and oxygen atoms in total. The Morgan fingerprint density at radius 1 is 1.03 bits per heavy atom. The Morgan fingerprint density at radius 3 is 2.33 bits per heavy atom. The normalized spacial score (nSPS) is 10.6. The van der Waals surface area contributed by atoms with Gasteiger partial charge in [-0.25, -0.2) is 4.98 Å². The van der Waals surface area contributed by atoms with Crippen molar-refractivity contribution in [1.82, 2.24) is 20.1 Å². The summed E-state index contributed by atoms with van der Waals surface area (Å²) >= 11 is 12.2. The van der Waals surface area contributed by atoms with Gasteiger partial charge in [-0.15, -0.1) is 0 Å². The predicted molar refractivity (Wildman–Crippen MR) is 136 cm³/mol. The number of nitrogens with zero attached hydrogens (tertiary/aromatic N) is 4. The molecule has 0 fully saturated rings. The van der Waals surface area contributed by atoms with Gasteiger partial charge in [0.1, 0.15) is 5.82 Å². The van der Waals surface area contributed by atoms with Crippen LogP contribution in [-0.2, 0) is 16.1 Å². The number of hydrogen-bond donors (Lipinski definition) is 2. The zero-order valence-electron chi connectivity index (χ0n) is 20.1. The average Bonchev–Trinajstić information content (AvgIpc) is 3.24. The van der Waals surface area contributed by atoms with Gasteiger partial charge in [0.05, 0.1) is 23.0 Å². The minimum atomic E-state index is -0.578. The van der Waals surface area contributed by atoms with E-state index in [-0.39, 0.29) is 29.7 Å². The monoisotopic (exact) mass is 530 g/mol. The number of amides is 3. The molecule has 0 aliphatic rings. The van der Waals surface area contributed by atoms with Crippen LogP contribution in [0.5, 0.6) is 0 Å². The standard InChI is InChI=1S/C24H24Cl2N6O4/c1-13-27-23(30-29-13)21(34)11-22(35)32(12-15-5-6-19(25)20(26)7-15)18-9-16(24(36)31(3)4)8-17(10-18)28-14(2)33/h5-10H,11-12H2,1-4H3,(H,28,33)(H,27,29,30). The summed E-state index contributed by atoms with van der Waals surface area (Å²) in [6.45, 7) is 2.98. The lowest BCUT2D eigenvalue weighted by Gasteiger charge is -2.25. The molecule has 188 valence electrons. The van der Waals surface area contributed by atoms with E-state index >= 15 is 0 Å². The van der Waals surface area contributed by atoms with Gasteiger partial charge >= 0.3 is 0 Å². The molecule has 0 aliphatic carbocycles. The average molecular weight is 531 g/mol. The fourth-order valence-electron chi connectivity index (χ4n) is 3.35. The number of ketones is 1. The molecule has 0 saturated heterocycles. The Hall–Kier alpha value is -3.76. The molecule has 0 unspecified atom stereocenters. The largest absolute Gasteiger partial charge is 0.345 e.